The Hall–Kier alpha value is 0.300. The van der Waals surface area contributed by atoms with E-state index < -0.39 is 0 Å². The third kappa shape index (κ3) is 3.66. The van der Waals surface area contributed by atoms with Gasteiger partial charge in [-0.15, -0.1) is 0 Å². The van der Waals surface area contributed by atoms with Gasteiger partial charge in [-0.05, 0) is 36.8 Å². The molecular weight excluding hydrogens is 330 g/mol. The number of benzene rings is 1. The number of rotatable bonds is 5. The Morgan fingerprint density at radius 2 is 2.11 bits per heavy atom. The molecule has 1 N–H and O–H groups in total. The molecule has 0 unspecified atom stereocenters. The summed E-state index contributed by atoms with van der Waals surface area (Å²) in [7, 11) is 0. The second-order valence-electron chi connectivity index (χ2n) is 4.93. The summed E-state index contributed by atoms with van der Waals surface area (Å²) in [6.45, 7) is 2.00. The molecule has 1 nitrogen and oxygen atoms in total. The molecule has 0 aliphatic heterocycles. The molecule has 1 saturated carbocycles. The van der Waals surface area contributed by atoms with Crippen molar-refractivity contribution in [1.29, 1.82) is 0 Å². The van der Waals surface area contributed by atoms with Crippen LogP contribution in [0.3, 0.4) is 0 Å². The van der Waals surface area contributed by atoms with Crippen LogP contribution in [-0.2, 0) is 6.54 Å². The molecule has 4 heteroatoms. The van der Waals surface area contributed by atoms with E-state index in [1.165, 1.54) is 31.2 Å². The lowest BCUT2D eigenvalue weighted by molar-refractivity contribution is 0.533. The van der Waals surface area contributed by atoms with Crippen molar-refractivity contribution >= 4 is 39.3 Å². The van der Waals surface area contributed by atoms with Gasteiger partial charge in [0.15, 0.2) is 0 Å². The van der Waals surface area contributed by atoms with E-state index in [0.717, 1.165) is 22.6 Å². The predicted octanol–water partition coefficient (Wildman–Crippen LogP) is 4.87. The molecule has 0 radical (unpaired) electrons. The van der Waals surface area contributed by atoms with Gasteiger partial charge in [0.2, 0.25) is 0 Å². The van der Waals surface area contributed by atoms with Crippen LogP contribution < -0.4 is 5.32 Å². The topological polar surface area (TPSA) is 12.0 Å². The van der Waals surface area contributed by atoms with Crippen LogP contribution in [-0.4, -0.2) is 17.5 Å². The third-order valence-corrected chi connectivity index (χ3v) is 6.12. The summed E-state index contributed by atoms with van der Waals surface area (Å²) in [6.07, 6.45) is 7.71. The minimum Gasteiger partial charge on any atom is -0.311 e. The first-order chi connectivity index (χ1) is 8.65. The van der Waals surface area contributed by atoms with Gasteiger partial charge in [-0.25, -0.2) is 0 Å². The Balaban J connectivity index is 1.88. The smallest absolute Gasteiger partial charge is 0.0417 e. The summed E-state index contributed by atoms with van der Waals surface area (Å²) in [5, 5.41) is 4.38. The molecule has 0 atom stereocenters. The molecule has 0 bridgehead atoms. The summed E-state index contributed by atoms with van der Waals surface area (Å²) >= 11 is 11.5. The summed E-state index contributed by atoms with van der Waals surface area (Å²) in [6, 6.07) is 5.99. The molecule has 0 spiro atoms. The van der Waals surface area contributed by atoms with E-state index in [9.17, 15) is 0 Å². The molecule has 1 aromatic carbocycles. The van der Waals surface area contributed by atoms with Gasteiger partial charge < -0.3 is 5.32 Å². The quantitative estimate of drug-likeness (QED) is 0.815. The molecule has 0 saturated heterocycles. The molecule has 100 valence electrons. The van der Waals surface area contributed by atoms with Crippen LogP contribution in [0.15, 0.2) is 22.7 Å². The van der Waals surface area contributed by atoms with E-state index in [0.29, 0.717) is 4.75 Å². The van der Waals surface area contributed by atoms with Gasteiger partial charge in [0.05, 0.1) is 0 Å². The Kier molecular flexibility index (Phi) is 5.43. The number of thioether (sulfide) groups is 1. The molecular formula is C14H19BrClNS. The van der Waals surface area contributed by atoms with Crippen LogP contribution in [0, 0.1) is 0 Å². The highest BCUT2D eigenvalue weighted by molar-refractivity contribution is 9.10. The first-order valence-corrected chi connectivity index (χ1v) is 8.75. The van der Waals surface area contributed by atoms with Gasteiger partial charge in [0, 0.05) is 27.3 Å². The summed E-state index contributed by atoms with van der Waals surface area (Å²) in [4.78, 5) is 0. The average Bonchev–Trinajstić information content (AvgIpc) is 2.81. The van der Waals surface area contributed by atoms with E-state index in [1.54, 1.807) is 0 Å². The number of hydrogen-bond acceptors (Lipinski definition) is 2. The van der Waals surface area contributed by atoms with Crippen molar-refractivity contribution < 1.29 is 0 Å². The van der Waals surface area contributed by atoms with Crippen LogP contribution in [0.5, 0.6) is 0 Å². The minimum atomic E-state index is 0.471. The maximum atomic E-state index is 5.95. The fourth-order valence-corrected chi connectivity index (χ4v) is 4.33. The lowest BCUT2D eigenvalue weighted by atomic mass is 10.1. The Bertz CT molecular complexity index is 405. The van der Waals surface area contributed by atoms with Crippen LogP contribution in [0.2, 0.25) is 5.02 Å². The zero-order valence-electron chi connectivity index (χ0n) is 10.6. The first kappa shape index (κ1) is 14.7. The van der Waals surface area contributed by atoms with E-state index in [2.05, 4.69) is 33.6 Å². The molecule has 1 aliphatic rings. The minimum absolute atomic E-state index is 0.471. The van der Waals surface area contributed by atoms with E-state index in [-0.39, 0.29) is 0 Å². The van der Waals surface area contributed by atoms with Gasteiger partial charge in [-0.1, -0.05) is 46.4 Å². The fourth-order valence-electron chi connectivity index (χ4n) is 2.56. The first-order valence-electron chi connectivity index (χ1n) is 6.35. The van der Waals surface area contributed by atoms with E-state index in [1.807, 2.05) is 23.9 Å². The number of hydrogen-bond donors (Lipinski definition) is 1. The lowest BCUT2D eigenvalue weighted by Gasteiger charge is -2.27. The summed E-state index contributed by atoms with van der Waals surface area (Å²) in [5.41, 5.74) is 1.27. The zero-order valence-corrected chi connectivity index (χ0v) is 13.8. The van der Waals surface area contributed by atoms with Crippen molar-refractivity contribution in [3.05, 3.63) is 33.3 Å². The Morgan fingerprint density at radius 3 is 2.72 bits per heavy atom. The third-order valence-electron chi connectivity index (χ3n) is 3.73. The monoisotopic (exact) mass is 347 g/mol. The largest absolute Gasteiger partial charge is 0.311 e. The zero-order chi connectivity index (χ0) is 13.0. The van der Waals surface area contributed by atoms with Crippen molar-refractivity contribution in [3.8, 4) is 0 Å². The Labute approximate surface area is 127 Å². The van der Waals surface area contributed by atoms with Gasteiger partial charge in [-0.3, -0.25) is 0 Å². The molecule has 0 heterocycles. The van der Waals surface area contributed by atoms with Gasteiger partial charge in [-0.2, -0.15) is 11.8 Å². The molecule has 0 aromatic heterocycles. The molecule has 2 rings (SSSR count). The second-order valence-corrected chi connectivity index (χ2v) is 7.50. The second kappa shape index (κ2) is 6.65. The van der Waals surface area contributed by atoms with Crippen molar-refractivity contribution in [1.82, 2.24) is 5.32 Å². The average molecular weight is 349 g/mol. The number of nitrogens with one attached hydrogen (secondary N) is 1. The van der Waals surface area contributed by atoms with Crippen LogP contribution in [0.4, 0.5) is 0 Å². The summed E-state index contributed by atoms with van der Waals surface area (Å²) in [5.74, 6) is 0. The predicted molar refractivity (Wildman–Crippen MR) is 85.6 cm³/mol. The van der Waals surface area contributed by atoms with E-state index in [4.69, 9.17) is 11.6 Å². The van der Waals surface area contributed by atoms with Crippen LogP contribution in [0.1, 0.15) is 31.2 Å². The maximum Gasteiger partial charge on any atom is 0.0417 e. The molecule has 18 heavy (non-hydrogen) atoms. The van der Waals surface area contributed by atoms with Crippen LogP contribution >= 0.6 is 39.3 Å². The molecule has 1 aromatic rings. The van der Waals surface area contributed by atoms with Crippen molar-refractivity contribution in [3.63, 3.8) is 0 Å². The Morgan fingerprint density at radius 1 is 1.39 bits per heavy atom. The standard InChI is InChI=1S/C14H19BrClNS/c1-18-14(6-2-3-7-14)10-17-9-11-4-5-12(16)8-13(11)15/h4-5,8,17H,2-3,6-7,9-10H2,1H3. The van der Waals surface area contributed by atoms with Crippen molar-refractivity contribution in [2.75, 3.05) is 12.8 Å². The van der Waals surface area contributed by atoms with Gasteiger partial charge in [0.1, 0.15) is 0 Å². The summed E-state index contributed by atoms with van der Waals surface area (Å²) < 4.78 is 1.56. The van der Waals surface area contributed by atoms with Crippen molar-refractivity contribution in [2.24, 2.45) is 0 Å². The van der Waals surface area contributed by atoms with Gasteiger partial charge >= 0.3 is 0 Å². The molecule has 1 aliphatic carbocycles. The van der Waals surface area contributed by atoms with Gasteiger partial charge in [0.25, 0.3) is 0 Å². The molecule has 1 fully saturated rings. The highest BCUT2D eigenvalue weighted by Crippen LogP contribution is 2.39. The SMILES string of the molecule is CSC1(CNCc2ccc(Cl)cc2Br)CCCC1. The highest BCUT2D eigenvalue weighted by Gasteiger charge is 2.32. The van der Waals surface area contributed by atoms with Crippen molar-refractivity contribution in [2.45, 2.75) is 37.0 Å². The molecule has 0 amide bonds. The van der Waals surface area contributed by atoms with E-state index >= 15 is 0 Å². The normalized spacial score (nSPS) is 18.2. The maximum absolute atomic E-state index is 5.95. The lowest BCUT2D eigenvalue weighted by Crippen LogP contribution is -2.34. The fraction of sp³-hybridized carbons (Fsp3) is 0.571. The van der Waals surface area contributed by atoms with Crippen LogP contribution in [0.25, 0.3) is 0 Å². The number of halogens is 2. The highest BCUT2D eigenvalue weighted by atomic mass is 79.9.